The Morgan fingerprint density at radius 1 is 1.32 bits per heavy atom. The first-order chi connectivity index (χ1) is 10.6. The van der Waals surface area contributed by atoms with Crippen LogP contribution in [0, 0.1) is 5.92 Å². The summed E-state index contributed by atoms with van der Waals surface area (Å²) in [6.45, 7) is 8.57. The summed E-state index contributed by atoms with van der Waals surface area (Å²) in [5, 5.41) is 7.25. The van der Waals surface area contributed by atoms with Gasteiger partial charge in [0.05, 0.1) is 17.6 Å². The van der Waals surface area contributed by atoms with Crippen LogP contribution in [-0.4, -0.2) is 29.6 Å². The first kappa shape index (κ1) is 16.0. The lowest BCUT2D eigenvalue weighted by molar-refractivity contribution is 0.308. The number of hydrogen-bond donors (Lipinski definition) is 1. The maximum Gasteiger partial charge on any atom is 0.197 e. The van der Waals surface area contributed by atoms with Crippen LogP contribution < -0.4 is 10.6 Å². The van der Waals surface area contributed by atoms with Crippen LogP contribution in [0.2, 0.25) is 0 Å². The molecule has 0 radical (unpaired) electrons. The maximum absolute atomic E-state index is 5.64. The number of hydrogen-bond acceptors (Lipinski definition) is 6. The molecule has 0 amide bonds. The fourth-order valence-corrected chi connectivity index (χ4v) is 2.13. The van der Waals surface area contributed by atoms with Crippen LogP contribution in [0.4, 0.5) is 17.2 Å². The number of anilines is 2. The molecule has 0 aliphatic carbocycles. The van der Waals surface area contributed by atoms with Crippen molar-refractivity contribution in [1.29, 1.82) is 0 Å². The van der Waals surface area contributed by atoms with Gasteiger partial charge in [-0.05, 0) is 41.7 Å². The molecule has 2 aromatic rings. The van der Waals surface area contributed by atoms with E-state index >= 15 is 0 Å². The highest BCUT2D eigenvalue weighted by Crippen LogP contribution is 2.28. The van der Waals surface area contributed by atoms with Gasteiger partial charge in [0.15, 0.2) is 11.5 Å². The quantitative estimate of drug-likeness (QED) is 0.794. The molecule has 0 unspecified atom stereocenters. The maximum atomic E-state index is 5.64. The Hall–Kier alpha value is -2.37. The summed E-state index contributed by atoms with van der Waals surface area (Å²) in [7, 11) is 0. The van der Waals surface area contributed by atoms with Gasteiger partial charge in [0.2, 0.25) is 0 Å². The van der Waals surface area contributed by atoms with Crippen molar-refractivity contribution >= 4 is 23.4 Å². The summed E-state index contributed by atoms with van der Waals surface area (Å²) in [5.74, 6) is 0.916. The van der Waals surface area contributed by atoms with E-state index in [4.69, 9.17) is 5.73 Å². The molecule has 0 fully saturated rings. The van der Waals surface area contributed by atoms with Gasteiger partial charge in [0, 0.05) is 13.1 Å². The van der Waals surface area contributed by atoms with Crippen LogP contribution in [0.15, 0.2) is 33.9 Å². The van der Waals surface area contributed by atoms with Gasteiger partial charge >= 0.3 is 0 Å². The van der Waals surface area contributed by atoms with Gasteiger partial charge in [0.25, 0.3) is 0 Å². The highest BCUT2D eigenvalue weighted by molar-refractivity contribution is 5.86. The van der Waals surface area contributed by atoms with Crippen molar-refractivity contribution in [3.63, 3.8) is 0 Å². The Kier molecular flexibility index (Phi) is 5.52. The van der Waals surface area contributed by atoms with Gasteiger partial charge in [-0.1, -0.05) is 26.0 Å². The van der Waals surface area contributed by atoms with Gasteiger partial charge in [-0.25, -0.2) is 4.63 Å². The number of aromatic nitrogens is 2. The van der Waals surface area contributed by atoms with Gasteiger partial charge in [-0.3, -0.25) is 4.99 Å². The predicted octanol–water partition coefficient (Wildman–Crippen LogP) is 3.27. The molecule has 0 saturated carbocycles. The minimum atomic E-state index is 0.244. The third-order valence-corrected chi connectivity index (χ3v) is 3.45. The topological polar surface area (TPSA) is 80.5 Å². The zero-order valence-corrected chi connectivity index (χ0v) is 13.4. The zero-order valence-electron chi connectivity index (χ0n) is 13.4. The van der Waals surface area contributed by atoms with Crippen LogP contribution in [0.5, 0.6) is 0 Å². The van der Waals surface area contributed by atoms with Gasteiger partial charge in [0.1, 0.15) is 0 Å². The molecule has 1 aromatic heterocycles. The van der Waals surface area contributed by atoms with E-state index < -0.39 is 0 Å². The molecule has 0 spiro atoms. The van der Waals surface area contributed by atoms with Crippen LogP contribution >= 0.6 is 0 Å². The fourth-order valence-electron chi connectivity index (χ4n) is 2.13. The van der Waals surface area contributed by atoms with Crippen molar-refractivity contribution in [2.45, 2.75) is 27.2 Å². The Bertz CT molecular complexity index is 621. The largest absolute Gasteiger partial charge is 0.379 e. The van der Waals surface area contributed by atoms with Crippen LogP contribution in [0.25, 0.3) is 0 Å². The minimum Gasteiger partial charge on any atom is -0.379 e. The summed E-state index contributed by atoms with van der Waals surface area (Å²) in [4.78, 5) is 6.83. The lowest BCUT2D eigenvalue weighted by atomic mass is 10.1. The molecule has 0 atom stereocenters. The van der Waals surface area contributed by atoms with E-state index in [1.807, 2.05) is 18.2 Å². The first-order valence-electron chi connectivity index (χ1n) is 7.57. The average Bonchev–Trinajstić information content (AvgIpc) is 2.92. The summed E-state index contributed by atoms with van der Waals surface area (Å²) in [5.41, 5.74) is 8.08. The summed E-state index contributed by atoms with van der Waals surface area (Å²) in [6.07, 6.45) is 2.73. The molecule has 2 rings (SSSR count). The number of nitrogen functional groups attached to an aromatic ring is 1. The Labute approximate surface area is 131 Å². The molecule has 118 valence electrons. The van der Waals surface area contributed by atoms with Crippen molar-refractivity contribution in [2.75, 3.05) is 23.7 Å². The lowest BCUT2D eigenvalue weighted by Gasteiger charge is -2.25. The monoisotopic (exact) mass is 301 g/mol. The summed E-state index contributed by atoms with van der Waals surface area (Å²) in [6, 6.07) is 8.06. The highest BCUT2D eigenvalue weighted by atomic mass is 16.6. The highest BCUT2D eigenvalue weighted by Gasteiger charge is 2.10. The SMILES string of the molecule is CCN(CCC(C)C)c1ccccc1N=Cc1nonc1N. The van der Waals surface area contributed by atoms with Crippen molar-refractivity contribution in [3.05, 3.63) is 30.0 Å². The summed E-state index contributed by atoms with van der Waals surface area (Å²) < 4.78 is 4.57. The molecule has 1 aromatic carbocycles. The Morgan fingerprint density at radius 3 is 2.73 bits per heavy atom. The Morgan fingerprint density at radius 2 is 2.09 bits per heavy atom. The van der Waals surface area contributed by atoms with E-state index in [1.165, 1.54) is 0 Å². The van der Waals surface area contributed by atoms with Crippen LogP contribution in [-0.2, 0) is 0 Å². The van der Waals surface area contributed by atoms with Crippen molar-refractivity contribution in [2.24, 2.45) is 10.9 Å². The average molecular weight is 301 g/mol. The molecule has 6 heteroatoms. The molecule has 1 heterocycles. The first-order valence-corrected chi connectivity index (χ1v) is 7.57. The normalized spacial score (nSPS) is 11.5. The van der Waals surface area contributed by atoms with Gasteiger partial charge < -0.3 is 10.6 Å². The van der Waals surface area contributed by atoms with E-state index in [9.17, 15) is 0 Å². The number of nitrogens with zero attached hydrogens (tertiary/aromatic N) is 4. The van der Waals surface area contributed by atoms with E-state index in [-0.39, 0.29) is 5.82 Å². The molecule has 0 aliphatic heterocycles. The molecule has 0 bridgehead atoms. The smallest absolute Gasteiger partial charge is 0.197 e. The third-order valence-electron chi connectivity index (χ3n) is 3.45. The van der Waals surface area contributed by atoms with Gasteiger partial charge in [-0.2, -0.15) is 0 Å². The van der Waals surface area contributed by atoms with Crippen LogP contribution in [0.3, 0.4) is 0 Å². The van der Waals surface area contributed by atoms with Gasteiger partial charge in [-0.15, -0.1) is 0 Å². The second-order valence-corrected chi connectivity index (χ2v) is 5.54. The summed E-state index contributed by atoms with van der Waals surface area (Å²) >= 11 is 0. The second-order valence-electron chi connectivity index (χ2n) is 5.54. The molecular formula is C16H23N5O. The van der Waals surface area contributed by atoms with E-state index in [0.717, 1.165) is 30.9 Å². The molecule has 2 N–H and O–H groups in total. The van der Waals surface area contributed by atoms with E-state index in [0.29, 0.717) is 11.6 Å². The Balaban J connectivity index is 2.21. The molecule has 22 heavy (non-hydrogen) atoms. The molecule has 6 nitrogen and oxygen atoms in total. The standard InChI is InChI=1S/C16H23N5O/c1-4-21(10-9-12(2)3)15-8-6-5-7-13(15)18-11-14-16(17)20-22-19-14/h5-8,11-12H,4,9-10H2,1-3H3,(H2,17,20). The number of nitrogens with two attached hydrogens (primary N) is 1. The third kappa shape index (κ3) is 4.07. The molecule has 0 aliphatic rings. The number of benzene rings is 1. The molecular weight excluding hydrogens is 278 g/mol. The lowest BCUT2D eigenvalue weighted by Crippen LogP contribution is -2.25. The zero-order chi connectivity index (χ0) is 15.9. The second kappa shape index (κ2) is 7.59. The minimum absolute atomic E-state index is 0.244. The number of rotatable bonds is 7. The van der Waals surface area contributed by atoms with Crippen LogP contribution in [0.1, 0.15) is 32.9 Å². The molecule has 0 saturated heterocycles. The number of aliphatic imine (C=N–C) groups is 1. The predicted molar refractivity (Wildman–Crippen MR) is 89.7 cm³/mol. The number of para-hydroxylation sites is 2. The van der Waals surface area contributed by atoms with Crippen molar-refractivity contribution in [3.8, 4) is 0 Å². The van der Waals surface area contributed by atoms with Crippen molar-refractivity contribution < 1.29 is 4.63 Å². The van der Waals surface area contributed by atoms with Crippen molar-refractivity contribution in [1.82, 2.24) is 10.3 Å². The fraction of sp³-hybridized carbons (Fsp3) is 0.438. The van der Waals surface area contributed by atoms with E-state index in [1.54, 1.807) is 6.21 Å². The van der Waals surface area contributed by atoms with E-state index in [2.05, 4.69) is 51.7 Å².